The van der Waals surface area contributed by atoms with E-state index in [4.69, 9.17) is 0 Å². The Labute approximate surface area is 169 Å². The zero-order valence-corrected chi connectivity index (χ0v) is 16.7. The molecule has 1 aromatic heterocycles. The van der Waals surface area contributed by atoms with Crippen LogP contribution < -0.4 is 9.80 Å². The van der Waals surface area contributed by atoms with Gasteiger partial charge in [-0.15, -0.1) is 0 Å². The van der Waals surface area contributed by atoms with E-state index in [0.717, 1.165) is 11.3 Å². The number of piperidine rings is 1. The van der Waals surface area contributed by atoms with Gasteiger partial charge >= 0.3 is 0 Å². The Bertz CT molecular complexity index is 920. The number of halogens is 1. The first-order valence-corrected chi connectivity index (χ1v) is 10.0. The summed E-state index contributed by atoms with van der Waals surface area (Å²) in [4.78, 5) is 35.9. The molecule has 0 unspecified atom stereocenters. The molecule has 0 radical (unpaired) electrons. The molecule has 1 saturated heterocycles. The predicted octanol–water partition coefficient (Wildman–Crippen LogP) is 3.00. The van der Waals surface area contributed by atoms with Gasteiger partial charge in [-0.3, -0.25) is 14.6 Å². The molecule has 1 fully saturated rings. The first-order valence-electron chi connectivity index (χ1n) is 10.0. The summed E-state index contributed by atoms with van der Waals surface area (Å²) in [5.74, 6) is -0.616. The van der Waals surface area contributed by atoms with Gasteiger partial charge in [0.1, 0.15) is 5.82 Å². The first-order chi connectivity index (χ1) is 14.0. The van der Waals surface area contributed by atoms with Gasteiger partial charge in [0.15, 0.2) is 0 Å². The number of fused-ring (bicyclic) bond motifs is 1. The molecule has 6 nitrogen and oxygen atoms in total. The van der Waals surface area contributed by atoms with E-state index in [2.05, 4.69) is 4.98 Å². The van der Waals surface area contributed by atoms with E-state index in [1.54, 1.807) is 28.3 Å². The number of hydrogen-bond acceptors (Lipinski definition) is 4. The third kappa shape index (κ3) is 3.45. The molecular formula is C22H25FN4O2. The molecule has 2 aliphatic heterocycles. The summed E-state index contributed by atoms with van der Waals surface area (Å²) >= 11 is 0. The van der Waals surface area contributed by atoms with Crippen molar-refractivity contribution in [1.82, 2.24) is 9.88 Å². The van der Waals surface area contributed by atoms with Gasteiger partial charge in [0.2, 0.25) is 11.8 Å². The Kier molecular flexibility index (Phi) is 5.22. The molecule has 2 amide bonds. The number of benzene rings is 1. The van der Waals surface area contributed by atoms with Crippen molar-refractivity contribution in [2.24, 2.45) is 5.92 Å². The molecule has 0 saturated carbocycles. The van der Waals surface area contributed by atoms with Crippen molar-refractivity contribution >= 4 is 23.2 Å². The van der Waals surface area contributed by atoms with E-state index < -0.39 is 0 Å². The molecule has 1 aromatic carbocycles. The van der Waals surface area contributed by atoms with Crippen LogP contribution >= 0.6 is 0 Å². The Balaban J connectivity index is 1.72. The van der Waals surface area contributed by atoms with Crippen LogP contribution in [0.25, 0.3) is 0 Å². The van der Waals surface area contributed by atoms with Crippen LogP contribution in [0.3, 0.4) is 0 Å². The van der Waals surface area contributed by atoms with Gasteiger partial charge in [-0.05, 0) is 49.2 Å². The quantitative estimate of drug-likeness (QED) is 0.800. The van der Waals surface area contributed by atoms with E-state index in [-0.39, 0.29) is 29.6 Å². The molecule has 7 heteroatoms. The number of rotatable bonds is 3. The number of pyridine rings is 1. The number of carbonyl (C=O) groups excluding carboxylic acids is 2. The second kappa shape index (κ2) is 7.81. The van der Waals surface area contributed by atoms with Crippen LogP contribution in [0.5, 0.6) is 0 Å². The number of hydrogen-bond donors (Lipinski definition) is 0. The second-order valence-electron chi connectivity index (χ2n) is 7.59. The average molecular weight is 396 g/mol. The Hall–Kier alpha value is -2.96. The molecule has 152 valence electrons. The normalized spacial score (nSPS) is 21.9. The number of carbonyl (C=O) groups is 2. The summed E-state index contributed by atoms with van der Waals surface area (Å²) in [6.07, 6.45) is 4.25. The van der Waals surface area contributed by atoms with Crippen molar-refractivity contribution in [2.75, 3.05) is 36.5 Å². The molecule has 4 rings (SSSR count). The highest BCUT2D eigenvalue weighted by Gasteiger charge is 2.42. The number of aromatic nitrogens is 1. The van der Waals surface area contributed by atoms with Crippen molar-refractivity contribution in [3.05, 3.63) is 54.1 Å². The molecule has 0 bridgehead atoms. The number of amides is 2. The molecule has 2 aromatic rings. The second-order valence-corrected chi connectivity index (χ2v) is 7.59. The summed E-state index contributed by atoms with van der Waals surface area (Å²) < 4.78 is 13.8. The fourth-order valence-electron chi connectivity index (χ4n) is 4.51. The molecule has 0 N–H and O–H groups in total. The molecule has 3 heterocycles. The minimum absolute atomic E-state index is 0.0151. The number of likely N-dealkylation sites (N-methyl/N-ethyl adjacent to an activating group) is 1. The van der Waals surface area contributed by atoms with Crippen LogP contribution in [-0.4, -0.2) is 48.4 Å². The lowest BCUT2D eigenvalue weighted by molar-refractivity contribution is -0.142. The highest BCUT2D eigenvalue weighted by atomic mass is 19.1. The minimum Gasteiger partial charge on any atom is -0.371 e. The highest BCUT2D eigenvalue weighted by molar-refractivity contribution is 6.00. The standard InChI is InChI=1S/C22H25FN4O2/c1-3-26-20(28)7-5-17(21(26)15-8-10-24-11-9-15)22(29)27-13-12-25(2)19-14-16(23)4-6-18(19)27/h4,6,8-11,14,17,21H,3,5,7,12-13H2,1-2H3/t17-,21+/m0/s1. The monoisotopic (exact) mass is 396 g/mol. The number of nitrogens with zero attached hydrogens (tertiary/aromatic N) is 4. The third-order valence-electron chi connectivity index (χ3n) is 5.98. The fourth-order valence-corrected chi connectivity index (χ4v) is 4.51. The van der Waals surface area contributed by atoms with Gasteiger partial charge in [0, 0.05) is 45.5 Å². The Morgan fingerprint density at radius 1 is 1.17 bits per heavy atom. The van der Waals surface area contributed by atoms with Gasteiger partial charge in [0.25, 0.3) is 0 Å². The summed E-state index contributed by atoms with van der Waals surface area (Å²) in [5, 5.41) is 0. The summed E-state index contributed by atoms with van der Waals surface area (Å²) in [6.45, 7) is 3.64. The van der Waals surface area contributed by atoms with Gasteiger partial charge in [-0.25, -0.2) is 4.39 Å². The zero-order chi connectivity index (χ0) is 20.5. The van der Waals surface area contributed by atoms with Gasteiger partial charge < -0.3 is 14.7 Å². The van der Waals surface area contributed by atoms with Crippen molar-refractivity contribution < 1.29 is 14.0 Å². The van der Waals surface area contributed by atoms with Crippen molar-refractivity contribution in [2.45, 2.75) is 25.8 Å². The number of anilines is 2. The van der Waals surface area contributed by atoms with Gasteiger partial charge in [-0.1, -0.05) is 0 Å². The lowest BCUT2D eigenvalue weighted by Gasteiger charge is -2.43. The van der Waals surface area contributed by atoms with Crippen molar-refractivity contribution in [3.8, 4) is 0 Å². The van der Waals surface area contributed by atoms with Crippen LogP contribution in [0.1, 0.15) is 31.4 Å². The molecule has 0 spiro atoms. The Morgan fingerprint density at radius 3 is 2.66 bits per heavy atom. The van der Waals surface area contributed by atoms with E-state index >= 15 is 0 Å². The summed E-state index contributed by atoms with van der Waals surface area (Å²) in [5.41, 5.74) is 2.35. The van der Waals surface area contributed by atoms with Crippen LogP contribution in [0.2, 0.25) is 0 Å². The zero-order valence-electron chi connectivity index (χ0n) is 16.7. The van der Waals surface area contributed by atoms with Gasteiger partial charge in [-0.2, -0.15) is 0 Å². The van der Waals surface area contributed by atoms with E-state index in [0.29, 0.717) is 38.2 Å². The van der Waals surface area contributed by atoms with Gasteiger partial charge in [0.05, 0.1) is 23.3 Å². The molecule has 0 aliphatic carbocycles. The highest BCUT2D eigenvalue weighted by Crippen LogP contribution is 2.40. The van der Waals surface area contributed by atoms with Crippen LogP contribution in [0.15, 0.2) is 42.7 Å². The lowest BCUT2D eigenvalue weighted by atomic mass is 9.83. The van der Waals surface area contributed by atoms with E-state index in [1.807, 2.05) is 31.0 Å². The summed E-state index contributed by atoms with van der Waals surface area (Å²) in [6, 6.07) is 7.96. The van der Waals surface area contributed by atoms with Crippen molar-refractivity contribution in [3.63, 3.8) is 0 Å². The smallest absolute Gasteiger partial charge is 0.232 e. The van der Waals surface area contributed by atoms with E-state index in [9.17, 15) is 14.0 Å². The van der Waals surface area contributed by atoms with Crippen molar-refractivity contribution in [1.29, 1.82) is 0 Å². The molecule has 2 aliphatic rings. The van der Waals surface area contributed by atoms with Crippen LogP contribution in [0, 0.1) is 11.7 Å². The fraction of sp³-hybridized carbons (Fsp3) is 0.409. The average Bonchev–Trinajstić information content (AvgIpc) is 2.74. The topological polar surface area (TPSA) is 56.8 Å². The third-order valence-corrected chi connectivity index (χ3v) is 5.98. The van der Waals surface area contributed by atoms with Crippen LogP contribution in [-0.2, 0) is 9.59 Å². The summed E-state index contributed by atoms with van der Waals surface area (Å²) in [7, 11) is 1.90. The predicted molar refractivity (Wildman–Crippen MR) is 109 cm³/mol. The molecular weight excluding hydrogens is 371 g/mol. The number of likely N-dealkylation sites (tertiary alicyclic amines) is 1. The molecule has 2 atom stereocenters. The maximum absolute atomic E-state index is 13.8. The molecule has 29 heavy (non-hydrogen) atoms. The maximum Gasteiger partial charge on any atom is 0.232 e. The minimum atomic E-state index is -0.351. The Morgan fingerprint density at radius 2 is 1.93 bits per heavy atom. The maximum atomic E-state index is 13.8. The SMILES string of the molecule is CCN1C(=O)CC[C@H](C(=O)N2CCN(C)c3cc(F)ccc32)[C@H]1c1ccncc1. The first kappa shape index (κ1) is 19.4. The lowest BCUT2D eigenvalue weighted by Crippen LogP contribution is -2.51. The van der Waals surface area contributed by atoms with E-state index in [1.165, 1.54) is 12.1 Å². The van der Waals surface area contributed by atoms with Crippen LogP contribution in [0.4, 0.5) is 15.8 Å². The largest absolute Gasteiger partial charge is 0.371 e.